The van der Waals surface area contributed by atoms with Gasteiger partial charge in [0.1, 0.15) is 16.4 Å². The molecule has 1 N–H and O–H groups in total. The van der Waals surface area contributed by atoms with Crippen LogP contribution in [0.2, 0.25) is 0 Å². The van der Waals surface area contributed by atoms with Gasteiger partial charge in [-0.3, -0.25) is 4.79 Å². The van der Waals surface area contributed by atoms with Gasteiger partial charge in [0, 0.05) is 25.7 Å². The zero-order valence-corrected chi connectivity index (χ0v) is 17.4. The van der Waals surface area contributed by atoms with Crippen LogP contribution in [0.5, 0.6) is 11.5 Å². The second-order valence-corrected chi connectivity index (χ2v) is 8.83. The van der Waals surface area contributed by atoms with E-state index in [4.69, 9.17) is 9.47 Å². The van der Waals surface area contributed by atoms with Gasteiger partial charge in [-0.1, -0.05) is 30.3 Å². The van der Waals surface area contributed by atoms with Crippen LogP contribution in [0.25, 0.3) is 0 Å². The molecule has 0 aromatic heterocycles. The van der Waals surface area contributed by atoms with E-state index in [1.165, 1.54) is 24.6 Å². The van der Waals surface area contributed by atoms with E-state index in [-0.39, 0.29) is 29.0 Å². The molecule has 3 rings (SSSR count). The third kappa shape index (κ3) is 4.89. The van der Waals surface area contributed by atoms with Crippen LogP contribution in [0.15, 0.2) is 53.4 Å². The molecule has 0 unspecified atom stereocenters. The highest BCUT2D eigenvalue weighted by Crippen LogP contribution is 2.32. The van der Waals surface area contributed by atoms with Gasteiger partial charge in [0.05, 0.1) is 20.1 Å². The Morgan fingerprint density at radius 2 is 1.90 bits per heavy atom. The average molecular weight is 419 g/mol. The molecule has 1 fully saturated rings. The Kier molecular flexibility index (Phi) is 6.76. The number of amides is 1. The van der Waals surface area contributed by atoms with Gasteiger partial charge in [-0.2, -0.15) is 4.31 Å². The molecule has 2 aromatic rings. The fourth-order valence-corrected chi connectivity index (χ4v) is 5.12. The second-order valence-electron chi connectivity index (χ2n) is 6.92. The fraction of sp³-hybridized carbons (Fsp3) is 0.381. The van der Waals surface area contributed by atoms with Crippen molar-refractivity contribution in [1.82, 2.24) is 9.62 Å². The van der Waals surface area contributed by atoms with Crippen molar-refractivity contribution in [3.63, 3.8) is 0 Å². The Morgan fingerprint density at radius 3 is 2.59 bits per heavy atom. The lowest BCUT2D eigenvalue weighted by molar-refractivity contribution is -0.126. The summed E-state index contributed by atoms with van der Waals surface area (Å²) in [6.45, 7) is 0.932. The van der Waals surface area contributed by atoms with E-state index in [0.29, 0.717) is 31.7 Å². The van der Waals surface area contributed by atoms with E-state index < -0.39 is 10.0 Å². The van der Waals surface area contributed by atoms with Crippen molar-refractivity contribution >= 4 is 15.9 Å². The molecule has 1 amide bonds. The Bertz CT molecular complexity index is 947. The quantitative estimate of drug-likeness (QED) is 0.747. The molecule has 7 nitrogen and oxygen atoms in total. The maximum absolute atomic E-state index is 13.2. The van der Waals surface area contributed by atoms with Crippen molar-refractivity contribution in [2.24, 2.45) is 5.92 Å². The van der Waals surface area contributed by atoms with Gasteiger partial charge in [0.15, 0.2) is 0 Å². The summed E-state index contributed by atoms with van der Waals surface area (Å²) in [5.41, 5.74) is 1.00. The third-order valence-corrected chi connectivity index (χ3v) is 6.94. The molecule has 1 aliphatic heterocycles. The van der Waals surface area contributed by atoms with E-state index in [1.807, 2.05) is 30.3 Å². The number of carbonyl (C=O) groups excluding carboxylic acids is 1. The number of nitrogens with zero attached hydrogens (tertiary/aromatic N) is 1. The molecule has 0 radical (unpaired) electrons. The highest BCUT2D eigenvalue weighted by Gasteiger charge is 2.35. The molecule has 0 spiro atoms. The van der Waals surface area contributed by atoms with Crippen molar-refractivity contribution in [2.45, 2.75) is 24.3 Å². The van der Waals surface area contributed by atoms with Gasteiger partial charge in [-0.15, -0.1) is 0 Å². The summed E-state index contributed by atoms with van der Waals surface area (Å²) >= 11 is 0. The number of carbonyl (C=O) groups is 1. The van der Waals surface area contributed by atoms with E-state index >= 15 is 0 Å². The zero-order valence-electron chi connectivity index (χ0n) is 16.6. The van der Waals surface area contributed by atoms with E-state index in [2.05, 4.69) is 5.32 Å². The van der Waals surface area contributed by atoms with Crippen LogP contribution in [0, 0.1) is 5.92 Å². The largest absolute Gasteiger partial charge is 0.497 e. The Balaban J connectivity index is 1.73. The molecule has 1 heterocycles. The van der Waals surface area contributed by atoms with Crippen LogP contribution in [-0.4, -0.2) is 45.9 Å². The molecule has 1 aliphatic rings. The number of rotatable bonds is 7. The number of hydrogen-bond donors (Lipinski definition) is 1. The van der Waals surface area contributed by atoms with Crippen molar-refractivity contribution in [3.8, 4) is 11.5 Å². The van der Waals surface area contributed by atoms with Crippen LogP contribution in [0.1, 0.15) is 18.4 Å². The maximum Gasteiger partial charge on any atom is 0.246 e. The highest BCUT2D eigenvalue weighted by atomic mass is 32.2. The lowest BCUT2D eigenvalue weighted by Gasteiger charge is -2.31. The van der Waals surface area contributed by atoms with Crippen LogP contribution < -0.4 is 14.8 Å². The first-order chi connectivity index (χ1) is 14.0. The van der Waals surface area contributed by atoms with Gasteiger partial charge in [0.25, 0.3) is 0 Å². The summed E-state index contributed by atoms with van der Waals surface area (Å²) < 4.78 is 38.3. The average Bonchev–Trinajstić information content (AvgIpc) is 2.77. The number of methoxy groups -OCH3 is 2. The van der Waals surface area contributed by atoms with Crippen LogP contribution in [0.4, 0.5) is 0 Å². The van der Waals surface area contributed by atoms with Gasteiger partial charge in [-0.05, 0) is 30.5 Å². The molecule has 0 bridgehead atoms. The molecule has 1 atom stereocenters. The first-order valence-corrected chi connectivity index (χ1v) is 10.9. The number of hydrogen-bond acceptors (Lipinski definition) is 5. The summed E-state index contributed by atoms with van der Waals surface area (Å²) in [7, 11) is -0.917. The Hall–Kier alpha value is -2.58. The minimum absolute atomic E-state index is 0.0460. The predicted molar refractivity (Wildman–Crippen MR) is 109 cm³/mol. The first-order valence-electron chi connectivity index (χ1n) is 9.49. The van der Waals surface area contributed by atoms with Crippen molar-refractivity contribution in [1.29, 1.82) is 0 Å². The molecular formula is C21H26N2O5S. The molecule has 1 saturated heterocycles. The lowest BCUT2D eigenvalue weighted by Crippen LogP contribution is -2.45. The zero-order chi connectivity index (χ0) is 20.9. The second kappa shape index (κ2) is 9.28. The van der Waals surface area contributed by atoms with Gasteiger partial charge in [0.2, 0.25) is 15.9 Å². The Labute approximate surface area is 171 Å². The SMILES string of the molecule is COc1ccc(OC)c(S(=O)(=O)N2CCC[C@@H](C(=O)NCc3ccccc3)C2)c1. The fourth-order valence-electron chi connectivity index (χ4n) is 3.43. The van der Waals surface area contributed by atoms with Crippen LogP contribution in [0.3, 0.4) is 0 Å². The molecule has 29 heavy (non-hydrogen) atoms. The maximum atomic E-state index is 13.2. The number of benzene rings is 2. The summed E-state index contributed by atoms with van der Waals surface area (Å²) in [5, 5.41) is 2.92. The van der Waals surface area contributed by atoms with E-state index in [1.54, 1.807) is 12.1 Å². The van der Waals surface area contributed by atoms with Gasteiger partial charge < -0.3 is 14.8 Å². The van der Waals surface area contributed by atoms with Crippen molar-refractivity contribution in [2.75, 3.05) is 27.3 Å². The normalized spacial score (nSPS) is 17.5. The van der Waals surface area contributed by atoms with E-state index in [9.17, 15) is 13.2 Å². The first kappa shape index (κ1) is 21.1. The summed E-state index contributed by atoms with van der Waals surface area (Å²) in [6, 6.07) is 14.3. The number of sulfonamides is 1. The molecule has 0 aliphatic carbocycles. The lowest BCUT2D eigenvalue weighted by atomic mass is 9.99. The molecule has 2 aromatic carbocycles. The monoisotopic (exact) mass is 418 g/mol. The van der Waals surface area contributed by atoms with Crippen molar-refractivity contribution < 1.29 is 22.7 Å². The topological polar surface area (TPSA) is 84.9 Å². The number of piperidine rings is 1. The number of nitrogens with one attached hydrogen (secondary N) is 1. The minimum atomic E-state index is -3.82. The van der Waals surface area contributed by atoms with Gasteiger partial charge in [-0.25, -0.2) is 8.42 Å². The van der Waals surface area contributed by atoms with E-state index in [0.717, 1.165) is 5.56 Å². The molecular weight excluding hydrogens is 392 g/mol. The molecule has 0 saturated carbocycles. The summed E-state index contributed by atoms with van der Waals surface area (Å²) in [5.74, 6) is 0.158. The predicted octanol–water partition coefficient (Wildman–Crippen LogP) is 2.42. The van der Waals surface area contributed by atoms with Gasteiger partial charge >= 0.3 is 0 Å². The number of ether oxygens (including phenoxy) is 2. The van der Waals surface area contributed by atoms with Crippen molar-refractivity contribution in [3.05, 3.63) is 54.1 Å². The summed E-state index contributed by atoms with van der Waals surface area (Å²) in [4.78, 5) is 12.7. The molecule has 8 heteroatoms. The van der Waals surface area contributed by atoms with Crippen LogP contribution >= 0.6 is 0 Å². The third-order valence-electron chi connectivity index (χ3n) is 5.05. The standard InChI is InChI=1S/C21H26N2O5S/c1-27-18-10-11-19(28-2)20(13-18)29(25,26)23-12-6-9-17(15-23)21(24)22-14-16-7-4-3-5-8-16/h3-5,7-8,10-11,13,17H,6,9,12,14-15H2,1-2H3,(H,22,24)/t17-/m1/s1. The molecule has 156 valence electrons. The highest BCUT2D eigenvalue weighted by molar-refractivity contribution is 7.89. The summed E-state index contributed by atoms with van der Waals surface area (Å²) in [6.07, 6.45) is 1.27. The van der Waals surface area contributed by atoms with Crippen LogP contribution in [-0.2, 0) is 21.4 Å². The smallest absolute Gasteiger partial charge is 0.246 e. The Morgan fingerprint density at radius 1 is 1.14 bits per heavy atom. The minimum Gasteiger partial charge on any atom is -0.497 e.